The zero-order chi connectivity index (χ0) is 30.7. The Morgan fingerprint density at radius 2 is 1.91 bits per heavy atom. The van der Waals surface area contributed by atoms with Crippen molar-refractivity contribution < 1.29 is 33.0 Å². The summed E-state index contributed by atoms with van der Waals surface area (Å²) >= 11 is 5.94. The molecule has 44 heavy (non-hydrogen) atoms. The highest BCUT2D eigenvalue weighted by Crippen LogP contribution is 2.55. The average molecular weight is 624 g/mol. The van der Waals surface area contributed by atoms with Gasteiger partial charge in [-0.25, -0.2) is 4.39 Å². The van der Waals surface area contributed by atoms with Crippen LogP contribution in [-0.2, 0) is 19.1 Å². The molecule has 0 aromatic heterocycles. The maximum atomic E-state index is 14.4. The van der Waals surface area contributed by atoms with Crippen LogP contribution in [0.1, 0.15) is 33.1 Å². The van der Waals surface area contributed by atoms with Crippen molar-refractivity contribution in [3.63, 3.8) is 0 Å². The molecule has 0 unspecified atom stereocenters. The number of nitrogens with one attached hydrogen (secondary N) is 2. The summed E-state index contributed by atoms with van der Waals surface area (Å²) in [6.07, 6.45) is 5.28. The predicted molar refractivity (Wildman–Crippen MR) is 160 cm³/mol. The molecule has 7 rings (SSSR count). The van der Waals surface area contributed by atoms with Gasteiger partial charge in [0.05, 0.1) is 29.5 Å². The molecule has 9 atom stereocenters. The summed E-state index contributed by atoms with van der Waals surface area (Å²) in [6.45, 7) is 4.61. The Bertz CT molecular complexity index is 1540. The number of carbonyl (C=O) groups excluding carboxylic acids is 3. The Morgan fingerprint density at radius 3 is 2.70 bits per heavy atom. The van der Waals surface area contributed by atoms with Gasteiger partial charge in [0.1, 0.15) is 24.1 Å². The molecule has 5 aliphatic rings. The number of ether oxygens (including phenoxy) is 3. The van der Waals surface area contributed by atoms with E-state index in [9.17, 15) is 18.8 Å². The van der Waals surface area contributed by atoms with Crippen LogP contribution >= 0.6 is 11.6 Å². The van der Waals surface area contributed by atoms with E-state index in [0.717, 1.165) is 25.3 Å². The number of fused-ring (bicyclic) bond motifs is 2. The summed E-state index contributed by atoms with van der Waals surface area (Å²) in [5, 5.41) is 5.90. The summed E-state index contributed by atoms with van der Waals surface area (Å²) in [7, 11) is 0. The molecule has 2 N–H and O–H groups in total. The van der Waals surface area contributed by atoms with E-state index in [1.54, 1.807) is 18.2 Å². The highest BCUT2D eigenvalue weighted by Gasteiger charge is 2.73. The van der Waals surface area contributed by atoms with Crippen LogP contribution in [0.2, 0.25) is 5.02 Å². The monoisotopic (exact) mass is 623 g/mol. The van der Waals surface area contributed by atoms with Gasteiger partial charge in [-0.05, 0) is 48.6 Å². The molecule has 3 amide bonds. The molecule has 2 bridgehead atoms. The Hall–Kier alpha value is -3.63. The highest BCUT2D eigenvalue weighted by atomic mass is 35.5. The van der Waals surface area contributed by atoms with Crippen LogP contribution in [0.15, 0.2) is 54.6 Å². The maximum Gasteiger partial charge on any atom is 0.246 e. The first kappa shape index (κ1) is 29.1. The Balaban J connectivity index is 1.19. The zero-order valence-electron chi connectivity index (χ0n) is 24.5. The second-order valence-corrected chi connectivity index (χ2v) is 13.1. The van der Waals surface area contributed by atoms with Gasteiger partial charge < -0.3 is 29.7 Å². The number of likely N-dealkylation sites (tertiary alicyclic amines) is 1. The lowest BCUT2D eigenvalue weighted by Crippen LogP contribution is -2.59. The number of carbonyl (C=O) groups is 3. The molecular formula is C33H35ClFN3O6. The highest BCUT2D eigenvalue weighted by molar-refractivity contribution is 6.31. The molecule has 2 aromatic carbocycles. The van der Waals surface area contributed by atoms with Gasteiger partial charge in [-0.1, -0.05) is 62.6 Å². The summed E-state index contributed by atoms with van der Waals surface area (Å²) in [4.78, 5) is 43.9. The molecule has 4 aliphatic heterocycles. The van der Waals surface area contributed by atoms with Gasteiger partial charge in [-0.2, -0.15) is 0 Å². The molecule has 0 radical (unpaired) electrons. The third-order valence-corrected chi connectivity index (χ3v) is 10.4. The molecule has 1 saturated carbocycles. The lowest BCUT2D eigenvalue weighted by molar-refractivity contribution is -0.143. The van der Waals surface area contributed by atoms with Crippen molar-refractivity contribution in [2.24, 2.45) is 23.7 Å². The first-order chi connectivity index (χ1) is 21.2. The first-order valence-electron chi connectivity index (χ1n) is 15.3. The van der Waals surface area contributed by atoms with Crippen LogP contribution in [0.3, 0.4) is 0 Å². The van der Waals surface area contributed by atoms with E-state index in [1.807, 2.05) is 18.2 Å². The van der Waals surface area contributed by atoms with Gasteiger partial charge in [0.15, 0.2) is 17.6 Å². The molecule has 232 valence electrons. The van der Waals surface area contributed by atoms with Gasteiger partial charge in [-0.3, -0.25) is 14.4 Å². The van der Waals surface area contributed by atoms with Crippen LogP contribution in [0.4, 0.5) is 10.1 Å². The van der Waals surface area contributed by atoms with Crippen molar-refractivity contribution in [3.8, 4) is 11.5 Å². The molecule has 2 aromatic rings. The minimum atomic E-state index is -1.33. The van der Waals surface area contributed by atoms with E-state index in [2.05, 4.69) is 24.5 Å². The fourth-order valence-corrected chi connectivity index (χ4v) is 7.86. The molecular weight excluding hydrogens is 589 g/mol. The van der Waals surface area contributed by atoms with E-state index in [-0.39, 0.29) is 41.9 Å². The second-order valence-electron chi connectivity index (χ2n) is 12.7. The summed E-state index contributed by atoms with van der Waals surface area (Å²) in [6, 6.07) is 10.1. The van der Waals surface area contributed by atoms with Crippen molar-refractivity contribution in [1.29, 1.82) is 0 Å². The zero-order valence-corrected chi connectivity index (χ0v) is 25.3. The Kier molecular flexibility index (Phi) is 7.32. The lowest BCUT2D eigenvalue weighted by atomic mass is 9.73. The maximum absolute atomic E-state index is 14.4. The number of benzene rings is 2. The van der Waals surface area contributed by atoms with E-state index in [1.165, 1.54) is 17.0 Å². The van der Waals surface area contributed by atoms with Crippen LogP contribution in [0.25, 0.3) is 0 Å². The average Bonchev–Trinajstić information content (AvgIpc) is 3.65. The molecule has 9 nitrogen and oxygen atoms in total. The number of rotatable bonds is 6. The molecule has 3 fully saturated rings. The van der Waals surface area contributed by atoms with E-state index in [0.29, 0.717) is 23.1 Å². The third kappa shape index (κ3) is 4.74. The summed E-state index contributed by atoms with van der Waals surface area (Å²) in [5.74, 6) is -1.68. The van der Waals surface area contributed by atoms with Crippen LogP contribution in [0.5, 0.6) is 11.5 Å². The third-order valence-electron chi connectivity index (χ3n) is 10.1. The number of para-hydroxylation sites is 2. The molecule has 1 spiro atoms. The van der Waals surface area contributed by atoms with Gasteiger partial charge in [0.2, 0.25) is 17.7 Å². The lowest BCUT2D eigenvalue weighted by Gasteiger charge is -2.38. The molecule has 2 saturated heterocycles. The normalized spacial score (nSPS) is 35.0. The molecule has 4 heterocycles. The number of nitrogens with zero attached hydrogens (tertiary/aromatic N) is 1. The van der Waals surface area contributed by atoms with Crippen molar-refractivity contribution in [3.05, 3.63) is 65.5 Å². The smallest absolute Gasteiger partial charge is 0.246 e. The number of amides is 3. The minimum Gasteiger partial charge on any atom is -0.486 e. The predicted octanol–water partition coefficient (Wildman–Crippen LogP) is 4.35. The summed E-state index contributed by atoms with van der Waals surface area (Å²) in [5.41, 5.74) is -1.03. The Morgan fingerprint density at radius 1 is 1.11 bits per heavy atom. The number of hydrogen-bond donors (Lipinski definition) is 2. The number of hydrogen-bond acceptors (Lipinski definition) is 6. The van der Waals surface area contributed by atoms with Gasteiger partial charge in [0, 0.05) is 11.7 Å². The quantitative estimate of drug-likeness (QED) is 0.464. The van der Waals surface area contributed by atoms with E-state index < -0.39 is 47.4 Å². The van der Waals surface area contributed by atoms with Crippen molar-refractivity contribution in [2.75, 3.05) is 18.5 Å². The number of anilines is 1. The van der Waals surface area contributed by atoms with Crippen molar-refractivity contribution >= 4 is 35.0 Å². The Labute approximate surface area is 260 Å². The van der Waals surface area contributed by atoms with Crippen LogP contribution < -0.4 is 20.1 Å². The van der Waals surface area contributed by atoms with Gasteiger partial charge in [-0.15, -0.1) is 0 Å². The topological polar surface area (TPSA) is 106 Å². The standard InChI is InChI=1S/C33H35ClFN3O6/c1-17-6-5-7-23(18(17)2)37-31(40)29-33-13-12-26(44-33)27(30(39)36-19-10-11-22(35)21(34)14-19)28(33)32(41)38(29)15-20-16-42-24-8-3-4-9-25(24)43-20/h3-4,8-14,17-18,20,23,26-29H,5-7,15-16H2,1-2H3,(H,36,39)(H,37,40)/t17-,18-,20-,23+,26-,27+,28-,29+,33+/m1/s1. The summed E-state index contributed by atoms with van der Waals surface area (Å²) < 4.78 is 32.3. The van der Waals surface area contributed by atoms with E-state index >= 15 is 0 Å². The van der Waals surface area contributed by atoms with Gasteiger partial charge in [0.25, 0.3) is 0 Å². The first-order valence-corrected chi connectivity index (χ1v) is 15.7. The number of halogens is 2. The minimum absolute atomic E-state index is 0.0373. The van der Waals surface area contributed by atoms with Crippen LogP contribution in [0, 0.1) is 29.5 Å². The van der Waals surface area contributed by atoms with Crippen LogP contribution in [-0.4, -0.2) is 65.7 Å². The largest absolute Gasteiger partial charge is 0.486 e. The van der Waals surface area contributed by atoms with Crippen molar-refractivity contribution in [2.45, 2.75) is 63.0 Å². The fraction of sp³-hybridized carbons (Fsp3) is 0.485. The SMILES string of the molecule is C[C@@H]1[C@H](C)CCC[C@@H]1NC(=O)[C@@H]1N(C[C@@H]2COc3ccccc3O2)C(=O)[C@H]2[C@@H](C(=O)Nc3ccc(F)c(Cl)c3)[C@H]3C=C[C@@]12O3. The van der Waals surface area contributed by atoms with Gasteiger partial charge >= 0.3 is 0 Å². The molecule has 1 aliphatic carbocycles. The second kappa shape index (κ2) is 11.1. The van der Waals surface area contributed by atoms with E-state index in [4.69, 9.17) is 25.8 Å². The fourth-order valence-electron chi connectivity index (χ4n) is 7.68. The van der Waals surface area contributed by atoms with Crippen molar-refractivity contribution in [1.82, 2.24) is 10.2 Å². The molecule has 11 heteroatoms.